The number of carbonyl (C=O) groups is 2. The van der Waals surface area contributed by atoms with Crippen molar-refractivity contribution in [2.24, 2.45) is 0 Å². The number of benzene rings is 1. The normalized spacial score (nSPS) is 25.7. The van der Waals surface area contributed by atoms with Gasteiger partial charge < -0.3 is 24.0 Å². The van der Waals surface area contributed by atoms with Crippen LogP contribution in [0.3, 0.4) is 0 Å². The summed E-state index contributed by atoms with van der Waals surface area (Å²) in [6, 6.07) is 3.61. The number of ether oxygens (including phenoxy) is 3. The fourth-order valence-electron chi connectivity index (χ4n) is 4.87. The maximum Gasteiger partial charge on any atom is 0.410 e. The summed E-state index contributed by atoms with van der Waals surface area (Å²) in [5.74, 6) is 0. The number of urea groups is 1. The summed E-state index contributed by atoms with van der Waals surface area (Å²) < 4.78 is 17.2. The number of hydrogen-bond donors (Lipinski definition) is 0. The average Bonchev–Trinajstić information content (AvgIpc) is 2.78. The fraction of sp³-hybridized carbons (Fsp3) is 0.680. The molecule has 8 nitrogen and oxygen atoms in total. The van der Waals surface area contributed by atoms with Gasteiger partial charge in [0.05, 0.1) is 38.0 Å². The van der Waals surface area contributed by atoms with Crippen LogP contribution in [-0.4, -0.2) is 84.0 Å². The zero-order valence-corrected chi connectivity index (χ0v) is 21.6. The van der Waals surface area contributed by atoms with E-state index in [-0.39, 0.29) is 30.3 Å². The lowest BCUT2D eigenvalue weighted by atomic mass is 9.90. The summed E-state index contributed by atoms with van der Waals surface area (Å²) >= 11 is 6.51. The molecule has 1 aromatic carbocycles. The second-order valence-electron chi connectivity index (χ2n) is 10.5. The summed E-state index contributed by atoms with van der Waals surface area (Å²) in [6.07, 6.45) is 0.367. The second-order valence-corrected chi connectivity index (χ2v) is 10.9. The molecule has 3 aliphatic rings. The molecule has 3 aliphatic heterocycles. The van der Waals surface area contributed by atoms with E-state index in [1.807, 2.05) is 56.6 Å². The third kappa shape index (κ3) is 5.44. The van der Waals surface area contributed by atoms with Crippen LogP contribution in [0, 0.1) is 0 Å². The molecule has 0 aliphatic carbocycles. The maximum atomic E-state index is 13.5. The summed E-state index contributed by atoms with van der Waals surface area (Å²) in [5.41, 5.74) is 2.49. The molecule has 0 aromatic heterocycles. The lowest BCUT2D eigenvalue weighted by Crippen LogP contribution is -2.55. The van der Waals surface area contributed by atoms with Gasteiger partial charge in [0.15, 0.2) is 0 Å². The van der Waals surface area contributed by atoms with Gasteiger partial charge in [0.1, 0.15) is 5.60 Å². The molecule has 2 fully saturated rings. The maximum absolute atomic E-state index is 13.5. The van der Waals surface area contributed by atoms with Gasteiger partial charge >= 0.3 is 12.1 Å². The molecular weight excluding hydrogens is 458 g/mol. The highest BCUT2D eigenvalue weighted by Crippen LogP contribution is 2.35. The molecule has 34 heavy (non-hydrogen) atoms. The second kappa shape index (κ2) is 9.91. The molecule has 0 bridgehead atoms. The van der Waals surface area contributed by atoms with E-state index >= 15 is 0 Å². The first-order valence-electron chi connectivity index (χ1n) is 12.1. The largest absolute Gasteiger partial charge is 0.444 e. The Morgan fingerprint density at radius 2 is 1.88 bits per heavy atom. The van der Waals surface area contributed by atoms with E-state index in [0.717, 1.165) is 16.7 Å². The van der Waals surface area contributed by atoms with Crippen molar-refractivity contribution in [1.82, 2.24) is 14.7 Å². The lowest BCUT2D eigenvalue weighted by Gasteiger charge is -2.42. The first kappa shape index (κ1) is 25.1. The Morgan fingerprint density at radius 1 is 1.12 bits per heavy atom. The molecule has 2 unspecified atom stereocenters. The van der Waals surface area contributed by atoms with Crippen molar-refractivity contribution in [2.45, 2.75) is 71.4 Å². The van der Waals surface area contributed by atoms with Crippen molar-refractivity contribution < 1.29 is 23.8 Å². The monoisotopic (exact) mass is 493 g/mol. The van der Waals surface area contributed by atoms with Crippen LogP contribution in [0.15, 0.2) is 12.1 Å². The molecule has 2 saturated heterocycles. The quantitative estimate of drug-likeness (QED) is 0.585. The van der Waals surface area contributed by atoms with Crippen LogP contribution in [0.1, 0.15) is 57.4 Å². The van der Waals surface area contributed by atoms with Crippen LogP contribution in [0.25, 0.3) is 0 Å². The fourth-order valence-corrected chi connectivity index (χ4v) is 5.12. The van der Waals surface area contributed by atoms with Gasteiger partial charge in [-0.25, -0.2) is 9.59 Å². The van der Waals surface area contributed by atoms with E-state index in [1.165, 1.54) is 0 Å². The van der Waals surface area contributed by atoms with Crippen LogP contribution < -0.4 is 0 Å². The highest BCUT2D eigenvalue weighted by Gasteiger charge is 2.37. The minimum absolute atomic E-state index is 0.0216. The molecule has 9 heteroatoms. The Bertz CT molecular complexity index is 934. The van der Waals surface area contributed by atoms with Crippen LogP contribution in [0.2, 0.25) is 5.02 Å². The third-order valence-corrected chi connectivity index (χ3v) is 6.80. The summed E-state index contributed by atoms with van der Waals surface area (Å²) in [6.45, 7) is 13.1. The Balaban J connectivity index is 1.62. The molecule has 0 spiro atoms. The van der Waals surface area contributed by atoms with Gasteiger partial charge in [0, 0.05) is 31.2 Å². The molecule has 3 amide bonds. The first-order chi connectivity index (χ1) is 16.0. The zero-order valence-electron chi connectivity index (χ0n) is 20.8. The SMILES string of the molecule is CC1CN(C(=O)N2CCc3cc(Cl)cc([C@@H]4COCCN4C(=O)OC(C)(C)C)c3C2)C(C)CO1. The molecule has 3 atom stereocenters. The Hall–Kier alpha value is -2.03. The lowest BCUT2D eigenvalue weighted by molar-refractivity contribution is -0.0381. The third-order valence-electron chi connectivity index (χ3n) is 6.58. The van der Waals surface area contributed by atoms with Crippen molar-refractivity contribution >= 4 is 23.7 Å². The van der Waals surface area contributed by atoms with Crippen LogP contribution in [0.5, 0.6) is 0 Å². The molecule has 0 N–H and O–H groups in total. The number of morpholine rings is 2. The van der Waals surface area contributed by atoms with Gasteiger partial charge in [-0.1, -0.05) is 11.6 Å². The van der Waals surface area contributed by atoms with Crippen molar-refractivity contribution in [2.75, 3.05) is 39.5 Å². The van der Waals surface area contributed by atoms with E-state index in [1.54, 1.807) is 4.90 Å². The molecule has 0 radical (unpaired) electrons. The number of nitrogens with zero attached hydrogens (tertiary/aromatic N) is 3. The Labute approximate surface area is 207 Å². The van der Waals surface area contributed by atoms with Crippen LogP contribution in [0.4, 0.5) is 9.59 Å². The number of fused-ring (bicyclic) bond motifs is 1. The molecular formula is C25H36ClN3O5. The molecule has 188 valence electrons. The predicted molar refractivity (Wildman–Crippen MR) is 129 cm³/mol. The minimum Gasteiger partial charge on any atom is -0.444 e. The van der Waals surface area contributed by atoms with Gasteiger partial charge in [-0.2, -0.15) is 0 Å². The zero-order chi connectivity index (χ0) is 24.6. The van der Waals surface area contributed by atoms with Gasteiger partial charge in [0.2, 0.25) is 0 Å². The van der Waals surface area contributed by atoms with Crippen molar-refractivity contribution in [1.29, 1.82) is 0 Å². The van der Waals surface area contributed by atoms with Gasteiger partial charge in [-0.3, -0.25) is 4.90 Å². The number of halogens is 1. The molecule has 4 rings (SSSR count). The van der Waals surface area contributed by atoms with E-state index < -0.39 is 5.60 Å². The number of amides is 3. The number of hydrogen-bond acceptors (Lipinski definition) is 5. The number of rotatable bonds is 1. The van der Waals surface area contributed by atoms with E-state index in [4.69, 9.17) is 25.8 Å². The van der Waals surface area contributed by atoms with E-state index in [9.17, 15) is 9.59 Å². The highest BCUT2D eigenvalue weighted by molar-refractivity contribution is 6.30. The molecule has 1 aromatic rings. The average molecular weight is 494 g/mol. The van der Waals surface area contributed by atoms with Crippen molar-refractivity contribution in [3.05, 3.63) is 33.8 Å². The smallest absolute Gasteiger partial charge is 0.410 e. The molecule has 3 heterocycles. The molecule has 0 saturated carbocycles. The summed E-state index contributed by atoms with van der Waals surface area (Å²) in [7, 11) is 0. The topological polar surface area (TPSA) is 71.6 Å². The predicted octanol–water partition coefficient (Wildman–Crippen LogP) is 4.24. The first-order valence-corrected chi connectivity index (χ1v) is 12.5. The summed E-state index contributed by atoms with van der Waals surface area (Å²) in [5, 5.41) is 0.624. The van der Waals surface area contributed by atoms with Gasteiger partial charge in [-0.15, -0.1) is 0 Å². The van der Waals surface area contributed by atoms with Crippen LogP contribution in [-0.2, 0) is 27.2 Å². The van der Waals surface area contributed by atoms with Crippen LogP contribution >= 0.6 is 11.6 Å². The highest BCUT2D eigenvalue weighted by atomic mass is 35.5. The van der Waals surface area contributed by atoms with Gasteiger partial charge in [-0.05, 0) is 69.9 Å². The Morgan fingerprint density at radius 3 is 2.62 bits per heavy atom. The van der Waals surface area contributed by atoms with Gasteiger partial charge in [0.25, 0.3) is 0 Å². The van der Waals surface area contributed by atoms with Crippen molar-refractivity contribution in [3.63, 3.8) is 0 Å². The minimum atomic E-state index is -0.594. The standard InChI is InChI=1S/C25H36ClN3O5/c1-16-14-33-17(2)12-29(16)23(30)27-7-6-18-10-19(26)11-20(21(18)13-27)22-15-32-9-8-28(22)24(31)34-25(3,4)5/h10-11,16-17,22H,6-9,12-15H2,1-5H3/t16?,17?,22-/m0/s1. The Kier molecular flexibility index (Phi) is 7.31. The summed E-state index contributed by atoms with van der Waals surface area (Å²) in [4.78, 5) is 32.0. The number of carbonyl (C=O) groups excluding carboxylic acids is 2. The van der Waals surface area contributed by atoms with Crippen molar-refractivity contribution in [3.8, 4) is 0 Å². The van der Waals surface area contributed by atoms with E-state index in [0.29, 0.717) is 57.4 Å². The van der Waals surface area contributed by atoms with E-state index in [2.05, 4.69) is 0 Å².